The first-order chi connectivity index (χ1) is 17.8. The molecule has 0 aliphatic heterocycles. The van der Waals surface area contributed by atoms with Crippen molar-refractivity contribution in [2.24, 2.45) is 0 Å². The van der Waals surface area contributed by atoms with E-state index in [0.29, 0.717) is 18.7 Å². The first-order valence-electron chi connectivity index (χ1n) is 12.9. The third kappa shape index (κ3) is 8.46. The number of benzene rings is 3. The Morgan fingerprint density at radius 3 is 2.19 bits per heavy atom. The minimum absolute atomic E-state index is 0.00424. The number of rotatable bonds is 12. The maximum atomic E-state index is 13.8. The van der Waals surface area contributed by atoms with Gasteiger partial charge in [0.05, 0.1) is 0 Å². The van der Waals surface area contributed by atoms with Gasteiger partial charge in [0.2, 0.25) is 5.91 Å². The summed E-state index contributed by atoms with van der Waals surface area (Å²) in [5, 5.41) is 3.10. The van der Waals surface area contributed by atoms with Crippen molar-refractivity contribution in [3.63, 3.8) is 0 Å². The lowest BCUT2D eigenvalue weighted by molar-refractivity contribution is -0.143. The van der Waals surface area contributed by atoms with E-state index in [4.69, 9.17) is 4.74 Å². The average molecular weight is 566 g/mol. The highest BCUT2D eigenvalue weighted by atomic mass is 79.9. The van der Waals surface area contributed by atoms with Gasteiger partial charge in [0.15, 0.2) is 6.61 Å². The average Bonchev–Trinajstić information content (AvgIpc) is 2.90. The van der Waals surface area contributed by atoms with Crippen LogP contribution in [0, 0.1) is 0 Å². The first-order valence-corrected chi connectivity index (χ1v) is 13.7. The molecule has 6 heteroatoms. The van der Waals surface area contributed by atoms with E-state index < -0.39 is 6.04 Å². The van der Waals surface area contributed by atoms with Crippen LogP contribution in [0.5, 0.6) is 5.75 Å². The van der Waals surface area contributed by atoms with Gasteiger partial charge in [-0.25, -0.2) is 0 Å². The Balaban J connectivity index is 1.93. The lowest BCUT2D eigenvalue weighted by Gasteiger charge is -2.32. The second-order valence-corrected chi connectivity index (χ2v) is 10.6. The molecule has 2 atom stereocenters. The van der Waals surface area contributed by atoms with Gasteiger partial charge >= 0.3 is 0 Å². The smallest absolute Gasteiger partial charge is 0.261 e. The van der Waals surface area contributed by atoms with Crippen LogP contribution in [-0.4, -0.2) is 35.4 Å². The molecule has 0 spiro atoms. The Hall–Kier alpha value is -3.12. The van der Waals surface area contributed by atoms with Gasteiger partial charge in [0.25, 0.3) is 5.91 Å². The third-order valence-corrected chi connectivity index (χ3v) is 6.96. The van der Waals surface area contributed by atoms with E-state index in [1.807, 2.05) is 92.7 Å². The standard InChI is InChI=1S/C31H37BrN2O3/c1-5-23(4)33-31(36)28(19-24-11-7-6-8-12-24)34(20-25-15-17-26(32)18-16-25)30(35)21-37-29-14-10-9-13-27(29)22(2)3/h6-18,22-23,28H,5,19-21H2,1-4H3,(H,33,36). The number of carbonyl (C=O) groups is 2. The quantitative estimate of drug-likeness (QED) is 0.273. The van der Waals surface area contributed by atoms with Crippen LogP contribution in [0.3, 0.4) is 0 Å². The molecule has 0 aliphatic rings. The second-order valence-electron chi connectivity index (χ2n) is 9.65. The topological polar surface area (TPSA) is 58.6 Å². The zero-order valence-electron chi connectivity index (χ0n) is 22.1. The van der Waals surface area contributed by atoms with Crippen LogP contribution < -0.4 is 10.1 Å². The largest absolute Gasteiger partial charge is 0.483 e. The van der Waals surface area contributed by atoms with E-state index in [1.54, 1.807) is 4.90 Å². The van der Waals surface area contributed by atoms with Crippen LogP contribution in [0.15, 0.2) is 83.3 Å². The molecule has 2 unspecified atom stereocenters. The summed E-state index contributed by atoms with van der Waals surface area (Å²) in [6.45, 7) is 8.35. The minimum atomic E-state index is -0.684. The molecule has 196 valence electrons. The maximum Gasteiger partial charge on any atom is 0.261 e. The Labute approximate surface area is 229 Å². The molecule has 0 radical (unpaired) electrons. The van der Waals surface area contributed by atoms with Crippen LogP contribution in [0.2, 0.25) is 0 Å². The van der Waals surface area contributed by atoms with Gasteiger partial charge in [-0.3, -0.25) is 9.59 Å². The SMILES string of the molecule is CCC(C)NC(=O)C(Cc1ccccc1)N(Cc1ccc(Br)cc1)C(=O)COc1ccccc1C(C)C. The molecule has 0 saturated carbocycles. The molecule has 3 aromatic carbocycles. The third-order valence-electron chi connectivity index (χ3n) is 6.43. The number of hydrogen-bond donors (Lipinski definition) is 1. The molecule has 5 nitrogen and oxygen atoms in total. The van der Waals surface area contributed by atoms with Gasteiger partial charge in [0, 0.05) is 23.5 Å². The van der Waals surface area contributed by atoms with Gasteiger partial charge in [-0.05, 0) is 54.2 Å². The van der Waals surface area contributed by atoms with Crippen molar-refractivity contribution >= 4 is 27.7 Å². The van der Waals surface area contributed by atoms with Crippen molar-refractivity contribution < 1.29 is 14.3 Å². The van der Waals surface area contributed by atoms with Crippen molar-refractivity contribution in [3.05, 3.63) is 100 Å². The van der Waals surface area contributed by atoms with Crippen molar-refractivity contribution in [2.75, 3.05) is 6.61 Å². The Kier molecular flexibility index (Phi) is 10.8. The van der Waals surface area contributed by atoms with E-state index in [0.717, 1.165) is 27.6 Å². The number of halogens is 1. The number of hydrogen-bond acceptors (Lipinski definition) is 3. The molecule has 3 aromatic rings. The zero-order valence-corrected chi connectivity index (χ0v) is 23.7. The highest BCUT2D eigenvalue weighted by molar-refractivity contribution is 9.10. The monoisotopic (exact) mass is 564 g/mol. The molecule has 37 heavy (non-hydrogen) atoms. The number of nitrogens with zero attached hydrogens (tertiary/aromatic N) is 1. The summed E-state index contributed by atoms with van der Waals surface area (Å²) in [5.74, 6) is 0.559. The van der Waals surface area contributed by atoms with E-state index in [1.165, 1.54) is 0 Å². The van der Waals surface area contributed by atoms with Crippen molar-refractivity contribution in [1.29, 1.82) is 0 Å². The molecule has 0 fully saturated rings. The summed E-state index contributed by atoms with van der Waals surface area (Å²) < 4.78 is 7.01. The molecule has 3 rings (SSSR count). The van der Waals surface area contributed by atoms with Gasteiger partial charge in [-0.2, -0.15) is 0 Å². The molecule has 1 N–H and O–H groups in total. The highest BCUT2D eigenvalue weighted by Gasteiger charge is 2.31. The lowest BCUT2D eigenvalue weighted by atomic mass is 10.0. The van der Waals surface area contributed by atoms with Crippen LogP contribution in [0.25, 0.3) is 0 Å². The van der Waals surface area contributed by atoms with Crippen molar-refractivity contribution in [1.82, 2.24) is 10.2 Å². The van der Waals surface area contributed by atoms with Gasteiger partial charge in [0.1, 0.15) is 11.8 Å². The summed E-state index contributed by atoms with van der Waals surface area (Å²) >= 11 is 3.48. The summed E-state index contributed by atoms with van der Waals surface area (Å²) in [7, 11) is 0. The predicted octanol–water partition coefficient (Wildman–Crippen LogP) is 6.51. The zero-order chi connectivity index (χ0) is 26.8. The van der Waals surface area contributed by atoms with E-state index in [2.05, 4.69) is 35.1 Å². The molecular formula is C31H37BrN2O3. The fraction of sp³-hybridized carbons (Fsp3) is 0.355. The van der Waals surface area contributed by atoms with Crippen LogP contribution >= 0.6 is 15.9 Å². The van der Waals surface area contributed by atoms with Crippen LogP contribution in [0.4, 0.5) is 0 Å². The molecule has 0 saturated heterocycles. The predicted molar refractivity (Wildman–Crippen MR) is 153 cm³/mol. The van der Waals surface area contributed by atoms with E-state index >= 15 is 0 Å². The van der Waals surface area contributed by atoms with E-state index in [9.17, 15) is 9.59 Å². The Bertz CT molecular complexity index is 1150. The summed E-state index contributed by atoms with van der Waals surface area (Å²) in [6, 6.07) is 24.7. The molecular weight excluding hydrogens is 528 g/mol. The number of para-hydroxylation sites is 1. The molecule has 2 amide bonds. The minimum Gasteiger partial charge on any atom is -0.483 e. The van der Waals surface area contributed by atoms with Crippen LogP contribution in [0.1, 0.15) is 56.7 Å². The fourth-order valence-corrected chi connectivity index (χ4v) is 4.36. The Morgan fingerprint density at radius 2 is 1.54 bits per heavy atom. The van der Waals surface area contributed by atoms with Crippen molar-refractivity contribution in [2.45, 2.75) is 65.1 Å². The fourth-order valence-electron chi connectivity index (χ4n) is 4.09. The number of nitrogens with one attached hydrogen (secondary N) is 1. The van der Waals surface area contributed by atoms with Gasteiger partial charge in [-0.1, -0.05) is 97.4 Å². The second kappa shape index (κ2) is 14.0. The molecule has 0 aromatic heterocycles. The van der Waals surface area contributed by atoms with Gasteiger partial charge < -0.3 is 15.0 Å². The highest BCUT2D eigenvalue weighted by Crippen LogP contribution is 2.26. The molecule has 0 bridgehead atoms. The lowest BCUT2D eigenvalue weighted by Crippen LogP contribution is -2.53. The first kappa shape index (κ1) is 28.5. The van der Waals surface area contributed by atoms with E-state index in [-0.39, 0.29) is 30.4 Å². The molecule has 0 aliphatic carbocycles. The van der Waals surface area contributed by atoms with Crippen molar-refractivity contribution in [3.8, 4) is 5.75 Å². The normalized spacial score (nSPS) is 12.6. The van der Waals surface area contributed by atoms with Gasteiger partial charge in [-0.15, -0.1) is 0 Å². The number of carbonyl (C=O) groups excluding carboxylic acids is 2. The molecule has 0 heterocycles. The summed E-state index contributed by atoms with van der Waals surface area (Å²) in [4.78, 5) is 29.0. The number of amides is 2. The van der Waals surface area contributed by atoms with Crippen LogP contribution in [-0.2, 0) is 22.6 Å². The summed E-state index contributed by atoms with van der Waals surface area (Å²) in [6.07, 6.45) is 1.22. The summed E-state index contributed by atoms with van der Waals surface area (Å²) in [5.41, 5.74) is 2.98. The number of ether oxygens (including phenoxy) is 1. The maximum absolute atomic E-state index is 13.8. The Morgan fingerprint density at radius 1 is 0.892 bits per heavy atom.